The molecule has 7 nitrogen and oxygen atoms in total. The number of carbonyl (C=O) groups is 3. The van der Waals surface area contributed by atoms with Crippen molar-refractivity contribution in [3.8, 4) is 0 Å². The Morgan fingerprint density at radius 3 is 2.19 bits per heavy atom. The molecule has 0 aromatic rings. The van der Waals surface area contributed by atoms with Crippen LogP contribution in [-0.4, -0.2) is 50.4 Å². The van der Waals surface area contributed by atoms with Crippen molar-refractivity contribution >= 4 is 17.9 Å². The third-order valence-corrected chi connectivity index (χ3v) is 2.46. The third kappa shape index (κ3) is 6.40. The molecule has 0 aliphatic carbocycles. The number of ether oxygens (including phenoxy) is 4. The highest BCUT2D eigenvalue weighted by Crippen LogP contribution is 2.15. The summed E-state index contributed by atoms with van der Waals surface area (Å²) in [5.74, 6) is -2.11. The number of hydrogen-bond acceptors (Lipinski definition) is 7. The van der Waals surface area contributed by atoms with Gasteiger partial charge in [-0.15, -0.1) is 0 Å². The van der Waals surface area contributed by atoms with Gasteiger partial charge in [-0.25, -0.2) is 14.4 Å². The predicted molar refractivity (Wildman–Crippen MR) is 73.4 cm³/mol. The number of rotatable bonds is 9. The van der Waals surface area contributed by atoms with Crippen LogP contribution in [0, 0.1) is 0 Å². The van der Waals surface area contributed by atoms with Crippen LogP contribution in [0.15, 0.2) is 12.2 Å². The maximum atomic E-state index is 11.8. The summed E-state index contributed by atoms with van der Waals surface area (Å²) in [5, 5.41) is 0. The van der Waals surface area contributed by atoms with Gasteiger partial charge < -0.3 is 18.9 Å². The SMILES string of the molecule is CCOC(=O)/C=C/CCO[C@@](C)(C(=O)OC)C(=O)OCC. The van der Waals surface area contributed by atoms with Crippen LogP contribution >= 0.6 is 0 Å². The lowest BCUT2D eigenvalue weighted by atomic mass is 10.1. The highest BCUT2D eigenvalue weighted by molar-refractivity contribution is 6.03. The largest absolute Gasteiger partial charge is 0.466 e. The predicted octanol–water partition coefficient (Wildman–Crippen LogP) is 1.01. The van der Waals surface area contributed by atoms with Gasteiger partial charge in [-0.2, -0.15) is 0 Å². The molecule has 0 fully saturated rings. The van der Waals surface area contributed by atoms with Crippen molar-refractivity contribution in [1.82, 2.24) is 0 Å². The first kappa shape index (κ1) is 19.1. The van der Waals surface area contributed by atoms with Crippen molar-refractivity contribution in [2.24, 2.45) is 0 Å². The van der Waals surface area contributed by atoms with E-state index >= 15 is 0 Å². The number of carbonyl (C=O) groups excluding carboxylic acids is 3. The molecule has 0 aromatic carbocycles. The zero-order valence-electron chi connectivity index (χ0n) is 12.8. The van der Waals surface area contributed by atoms with E-state index in [0.717, 1.165) is 7.11 Å². The lowest BCUT2D eigenvalue weighted by molar-refractivity contribution is -0.186. The number of hydrogen-bond donors (Lipinski definition) is 0. The molecule has 0 saturated heterocycles. The minimum Gasteiger partial charge on any atom is -0.466 e. The molecule has 21 heavy (non-hydrogen) atoms. The van der Waals surface area contributed by atoms with Gasteiger partial charge in [0.1, 0.15) is 0 Å². The molecule has 0 rings (SSSR count). The summed E-state index contributed by atoms with van der Waals surface area (Å²) < 4.78 is 19.3. The van der Waals surface area contributed by atoms with Crippen LogP contribution in [0.1, 0.15) is 27.2 Å². The molecule has 0 radical (unpaired) electrons. The second kappa shape index (κ2) is 9.93. The molecular formula is C14H22O7. The van der Waals surface area contributed by atoms with Crippen molar-refractivity contribution in [1.29, 1.82) is 0 Å². The van der Waals surface area contributed by atoms with Gasteiger partial charge in [-0.3, -0.25) is 0 Å². The van der Waals surface area contributed by atoms with E-state index in [1.165, 1.54) is 19.1 Å². The van der Waals surface area contributed by atoms with Crippen LogP contribution in [0.2, 0.25) is 0 Å². The Labute approximate surface area is 124 Å². The van der Waals surface area contributed by atoms with Gasteiger partial charge in [0.2, 0.25) is 0 Å². The Bertz CT molecular complexity index is 389. The molecule has 1 atom stereocenters. The van der Waals surface area contributed by atoms with E-state index in [9.17, 15) is 14.4 Å². The summed E-state index contributed by atoms with van der Waals surface area (Å²) in [4.78, 5) is 34.5. The van der Waals surface area contributed by atoms with Crippen LogP contribution < -0.4 is 0 Å². The maximum Gasteiger partial charge on any atom is 0.349 e. The lowest BCUT2D eigenvalue weighted by Gasteiger charge is -2.24. The molecule has 0 saturated carbocycles. The first-order valence-corrected chi connectivity index (χ1v) is 6.65. The molecule has 0 unspecified atom stereocenters. The fraction of sp³-hybridized carbons (Fsp3) is 0.643. The lowest BCUT2D eigenvalue weighted by Crippen LogP contribution is -2.48. The summed E-state index contributed by atoms with van der Waals surface area (Å²) in [6.07, 6.45) is 3.11. The molecule has 0 heterocycles. The van der Waals surface area contributed by atoms with Crippen molar-refractivity contribution in [3.05, 3.63) is 12.2 Å². The minimum atomic E-state index is -1.82. The zero-order chi connectivity index (χ0) is 16.3. The van der Waals surface area contributed by atoms with Crippen molar-refractivity contribution in [3.63, 3.8) is 0 Å². The Balaban J connectivity index is 4.48. The van der Waals surface area contributed by atoms with E-state index in [1.807, 2.05) is 0 Å². The Kier molecular flexibility index (Phi) is 9.03. The summed E-state index contributed by atoms with van der Waals surface area (Å²) in [6.45, 7) is 5.07. The fourth-order valence-corrected chi connectivity index (χ4v) is 1.37. The number of esters is 3. The van der Waals surface area contributed by atoms with Gasteiger partial charge in [0.25, 0.3) is 5.60 Å². The first-order chi connectivity index (χ1) is 9.92. The van der Waals surface area contributed by atoms with Crippen LogP contribution in [0.3, 0.4) is 0 Å². The van der Waals surface area contributed by atoms with Gasteiger partial charge in [-0.1, -0.05) is 6.08 Å². The van der Waals surface area contributed by atoms with Crippen LogP contribution in [0.25, 0.3) is 0 Å². The van der Waals surface area contributed by atoms with Gasteiger partial charge in [0, 0.05) is 6.08 Å². The quantitative estimate of drug-likeness (QED) is 0.206. The normalized spacial score (nSPS) is 13.5. The fourth-order valence-electron chi connectivity index (χ4n) is 1.37. The zero-order valence-corrected chi connectivity index (χ0v) is 12.8. The maximum absolute atomic E-state index is 11.8. The highest BCUT2D eigenvalue weighted by atomic mass is 16.6. The molecular weight excluding hydrogens is 280 g/mol. The second-order valence-corrected chi connectivity index (χ2v) is 4.04. The standard InChI is InChI=1S/C14H22O7/c1-5-19-11(15)9-7-8-10-21-14(3,12(16)18-4)13(17)20-6-2/h7,9H,5-6,8,10H2,1-4H3/b9-7+/t14-/m0/s1. The van der Waals surface area contributed by atoms with E-state index in [2.05, 4.69) is 4.74 Å². The van der Waals surface area contributed by atoms with Gasteiger partial charge in [0.05, 0.1) is 26.9 Å². The minimum absolute atomic E-state index is 0.0420. The number of methoxy groups -OCH3 is 1. The van der Waals surface area contributed by atoms with E-state index in [4.69, 9.17) is 14.2 Å². The molecule has 0 aliphatic heterocycles. The summed E-state index contributed by atoms with van der Waals surface area (Å²) >= 11 is 0. The van der Waals surface area contributed by atoms with Crippen molar-refractivity contribution in [2.45, 2.75) is 32.8 Å². The monoisotopic (exact) mass is 302 g/mol. The molecule has 0 bridgehead atoms. The topological polar surface area (TPSA) is 88.1 Å². The van der Waals surface area contributed by atoms with E-state index in [-0.39, 0.29) is 13.2 Å². The highest BCUT2D eigenvalue weighted by Gasteiger charge is 2.45. The summed E-state index contributed by atoms with van der Waals surface area (Å²) in [7, 11) is 1.16. The van der Waals surface area contributed by atoms with Gasteiger partial charge >= 0.3 is 17.9 Å². The van der Waals surface area contributed by atoms with Gasteiger partial charge in [-0.05, 0) is 27.2 Å². The smallest absolute Gasteiger partial charge is 0.349 e. The summed E-state index contributed by atoms with van der Waals surface area (Å²) in [5.41, 5.74) is -1.82. The second-order valence-electron chi connectivity index (χ2n) is 4.04. The molecule has 0 spiro atoms. The Hall–Kier alpha value is -1.89. The van der Waals surface area contributed by atoms with Crippen LogP contribution in [-0.2, 0) is 33.3 Å². The molecule has 0 aromatic heterocycles. The molecule has 0 amide bonds. The molecule has 0 aliphatic rings. The van der Waals surface area contributed by atoms with E-state index in [0.29, 0.717) is 13.0 Å². The van der Waals surface area contributed by atoms with E-state index < -0.39 is 23.5 Å². The average Bonchev–Trinajstić information content (AvgIpc) is 2.46. The van der Waals surface area contributed by atoms with Crippen molar-refractivity contribution in [2.75, 3.05) is 26.9 Å². The first-order valence-electron chi connectivity index (χ1n) is 6.65. The van der Waals surface area contributed by atoms with Crippen LogP contribution in [0.5, 0.6) is 0 Å². The Morgan fingerprint density at radius 1 is 1.05 bits per heavy atom. The van der Waals surface area contributed by atoms with Crippen LogP contribution in [0.4, 0.5) is 0 Å². The van der Waals surface area contributed by atoms with Gasteiger partial charge in [0.15, 0.2) is 0 Å². The average molecular weight is 302 g/mol. The Morgan fingerprint density at radius 2 is 1.67 bits per heavy atom. The summed E-state index contributed by atoms with van der Waals surface area (Å²) in [6, 6.07) is 0. The molecule has 120 valence electrons. The molecule has 0 N–H and O–H groups in total. The van der Waals surface area contributed by atoms with Crippen molar-refractivity contribution < 1.29 is 33.3 Å². The third-order valence-electron chi connectivity index (χ3n) is 2.46. The van der Waals surface area contributed by atoms with E-state index in [1.54, 1.807) is 13.8 Å². The molecule has 7 heteroatoms.